The molecule has 0 aromatic heterocycles. The summed E-state index contributed by atoms with van der Waals surface area (Å²) in [6.45, 7) is 1.21. The van der Waals surface area contributed by atoms with Crippen LogP contribution < -0.4 is 9.47 Å². The standard InChI is InChI=1S/C21H24FNO4/c1-25-17-8-10-18(11-9-17)27-15-21(24)23(14-19-6-4-12-26-19)13-16-5-2-3-7-20(16)22/h2-3,5,7-11,19H,4,6,12-15H2,1H3. The van der Waals surface area contributed by atoms with Crippen molar-refractivity contribution in [3.63, 3.8) is 0 Å². The van der Waals surface area contributed by atoms with Crippen LogP contribution in [-0.2, 0) is 16.1 Å². The summed E-state index contributed by atoms with van der Waals surface area (Å²) in [7, 11) is 1.59. The molecule has 1 heterocycles. The maximum absolute atomic E-state index is 14.0. The van der Waals surface area contributed by atoms with Crippen LogP contribution >= 0.6 is 0 Å². The van der Waals surface area contributed by atoms with Gasteiger partial charge in [-0.15, -0.1) is 0 Å². The molecule has 27 heavy (non-hydrogen) atoms. The molecule has 0 saturated carbocycles. The van der Waals surface area contributed by atoms with Gasteiger partial charge in [-0.25, -0.2) is 4.39 Å². The van der Waals surface area contributed by atoms with Gasteiger partial charge in [0.15, 0.2) is 6.61 Å². The highest BCUT2D eigenvalue weighted by atomic mass is 19.1. The molecule has 5 nitrogen and oxygen atoms in total. The molecule has 6 heteroatoms. The Bertz CT molecular complexity index is 744. The fraction of sp³-hybridized carbons (Fsp3) is 0.381. The number of nitrogens with zero attached hydrogens (tertiary/aromatic N) is 1. The Kier molecular flexibility index (Phi) is 6.65. The lowest BCUT2D eigenvalue weighted by molar-refractivity contribution is -0.135. The van der Waals surface area contributed by atoms with Gasteiger partial charge in [0, 0.05) is 25.3 Å². The third-order valence-electron chi connectivity index (χ3n) is 4.54. The summed E-state index contributed by atoms with van der Waals surface area (Å²) in [4.78, 5) is 14.4. The van der Waals surface area contributed by atoms with Crippen molar-refractivity contribution in [1.82, 2.24) is 4.90 Å². The number of amides is 1. The van der Waals surface area contributed by atoms with Gasteiger partial charge in [-0.05, 0) is 43.2 Å². The van der Waals surface area contributed by atoms with E-state index in [0.717, 1.165) is 12.8 Å². The molecule has 0 spiro atoms. The molecule has 1 amide bonds. The third kappa shape index (κ3) is 5.44. The molecule has 2 aromatic carbocycles. The topological polar surface area (TPSA) is 48.0 Å². The SMILES string of the molecule is COc1ccc(OCC(=O)N(Cc2ccccc2F)CC2CCCO2)cc1. The lowest BCUT2D eigenvalue weighted by Gasteiger charge is -2.26. The van der Waals surface area contributed by atoms with Crippen LogP contribution in [0.4, 0.5) is 4.39 Å². The van der Waals surface area contributed by atoms with E-state index in [1.165, 1.54) is 6.07 Å². The second kappa shape index (κ2) is 9.37. The zero-order chi connectivity index (χ0) is 19.1. The fourth-order valence-corrected chi connectivity index (χ4v) is 3.03. The van der Waals surface area contributed by atoms with E-state index in [0.29, 0.717) is 30.2 Å². The first-order valence-corrected chi connectivity index (χ1v) is 9.05. The first-order chi connectivity index (χ1) is 13.2. The quantitative estimate of drug-likeness (QED) is 0.711. The summed E-state index contributed by atoms with van der Waals surface area (Å²) in [6.07, 6.45) is 1.87. The Balaban J connectivity index is 1.64. The number of ether oxygens (including phenoxy) is 3. The first kappa shape index (κ1) is 19.2. The lowest BCUT2D eigenvalue weighted by atomic mass is 10.1. The van der Waals surface area contributed by atoms with E-state index in [1.54, 1.807) is 54.5 Å². The van der Waals surface area contributed by atoms with Gasteiger partial charge in [0.25, 0.3) is 5.91 Å². The van der Waals surface area contributed by atoms with Gasteiger partial charge in [-0.1, -0.05) is 18.2 Å². The smallest absolute Gasteiger partial charge is 0.260 e. The minimum Gasteiger partial charge on any atom is -0.497 e. The molecule has 2 aromatic rings. The Morgan fingerprint density at radius 3 is 2.59 bits per heavy atom. The van der Waals surface area contributed by atoms with Crippen molar-refractivity contribution in [2.75, 3.05) is 26.9 Å². The number of benzene rings is 2. The van der Waals surface area contributed by atoms with Crippen LogP contribution in [0.1, 0.15) is 18.4 Å². The van der Waals surface area contributed by atoms with Crippen molar-refractivity contribution in [3.05, 3.63) is 59.9 Å². The second-order valence-electron chi connectivity index (χ2n) is 6.46. The third-order valence-corrected chi connectivity index (χ3v) is 4.54. The van der Waals surface area contributed by atoms with E-state index >= 15 is 0 Å². The number of hydrogen-bond donors (Lipinski definition) is 0. The molecule has 1 saturated heterocycles. The van der Waals surface area contributed by atoms with Gasteiger partial charge in [0.1, 0.15) is 17.3 Å². The van der Waals surface area contributed by atoms with E-state index in [2.05, 4.69) is 0 Å². The van der Waals surface area contributed by atoms with Crippen molar-refractivity contribution in [1.29, 1.82) is 0 Å². The zero-order valence-corrected chi connectivity index (χ0v) is 15.4. The predicted molar refractivity (Wildman–Crippen MR) is 99.3 cm³/mol. The summed E-state index contributed by atoms with van der Waals surface area (Å²) in [5.74, 6) is 0.767. The maximum atomic E-state index is 14.0. The van der Waals surface area contributed by atoms with Crippen LogP contribution in [0, 0.1) is 5.82 Å². The molecule has 0 aliphatic carbocycles. The first-order valence-electron chi connectivity index (χ1n) is 9.05. The molecular weight excluding hydrogens is 349 g/mol. The van der Waals surface area contributed by atoms with Crippen LogP contribution in [0.3, 0.4) is 0 Å². The highest BCUT2D eigenvalue weighted by molar-refractivity contribution is 5.77. The number of carbonyl (C=O) groups excluding carboxylic acids is 1. The molecule has 0 radical (unpaired) electrons. The second-order valence-corrected chi connectivity index (χ2v) is 6.46. The lowest BCUT2D eigenvalue weighted by Crippen LogP contribution is -2.39. The fourth-order valence-electron chi connectivity index (χ4n) is 3.03. The number of rotatable bonds is 8. The number of halogens is 1. The minimum absolute atomic E-state index is 0.0123. The van der Waals surface area contributed by atoms with E-state index in [4.69, 9.17) is 14.2 Å². The number of methoxy groups -OCH3 is 1. The highest BCUT2D eigenvalue weighted by Crippen LogP contribution is 2.19. The molecular formula is C21H24FNO4. The largest absolute Gasteiger partial charge is 0.497 e. The summed E-state index contributed by atoms with van der Waals surface area (Å²) in [6, 6.07) is 13.5. The van der Waals surface area contributed by atoms with Gasteiger partial charge in [0.05, 0.1) is 13.2 Å². The van der Waals surface area contributed by atoms with Crippen LogP contribution in [0.25, 0.3) is 0 Å². The molecule has 1 aliphatic heterocycles. The van der Waals surface area contributed by atoms with Gasteiger partial charge < -0.3 is 19.1 Å². The molecule has 3 rings (SSSR count). The van der Waals surface area contributed by atoms with Crippen molar-refractivity contribution in [2.45, 2.75) is 25.5 Å². The highest BCUT2D eigenvalue weighted by Gasteiger charge is 2.23. The summed E-state index contributed by atoms with van der Waals surface area (Å²) >= 11 is 0. The van der Waals surface area contributed by atoms with Gasteiger partial charge >= 0.3 is 0 Å². The average Bonchev–Trinajstić information content (AvgIpc) is 3.21. The van der Waals surface area contributed by atoms with E-state index in [-0.39, 0.29) is 31.0 Å². The average molecular weight is 373 g/mol. The molecule has 1 aliphatic rings. The van der Waals surface area contributed by atoms with Crippen molar-refractivity contribution >= 4 is 5.91 Å². The normalized spacial score (nSPS) is 16.1. The van der Waals surface area contributed by atoms with Crippen molar-refractivity contribution < 1.29 is 23.4 Å². The predicted octanol–water partition coefficient (Wildman–Crippen LogP) is 3.42. The van der Waals surface area contributed by atoms with Crippen LogP contribution in [0.5, 0.6) is 11.5 Å². The summed E-state index contributed by atoms with van der Waals surface area (Å²) in [5.41, 5.74) is 0.480. The van der Waals surface area contributed by atoms with Crippen molar-refractivity contribution in [2.24, 2.45) is 0 Å². The molecule has 144 valence electrons. The molecule has 1 atom stereocenters. The maximum Gasteiger partial charge on any atom is 0.260 e. The zero-order valence-electron chi connectivity index (χ0n) is 15.4. The Labute approximate surface area is 158 Å². The van der Waals surface area contributed by atoms with Gasteiger partial charge in [0.2, 0.25) is 0 Å². The minimum atomic E-state index is -0.321. The Morgan fingerprint density at radius 2 is 1.93 bits per heavy atom. The van der Waals surface area contributed by atoms with Crippen LogP contribution in [0.15, 0.2) is 48.5 Å². The van der Waals surface area contributed by atoms with E-state index < -0.39 is 0 Å². The van der Waals surface area contributed by atoms with Gasteiger partial charge in [-0.2, -0.15) is 0 Å². The molecule has 1 unspecified atom stereocenters. The van der Waals surface area contributed by atoms with Gasteiger partial charge in [-0.3, -0.25) is 4.79 Å². The number of hydrogen-bond acceptors (Lipinski definition) is 4. The van der Waals surface area contributed by atoms with E-state index in [1.807, 2.05) is 0 Å². The Hall–Kier alpha value is -2.60. The monoisotopic (exact) mass is 373 g/mol. The summed E-state index contributed by atoms with van der Waals surface area (Å²) in [5, 5.41) is 0. The molecule has 0 bridgehead atoms. The van der Waals surface area contributed by atoms with E-state index in [9.17, 15) is 9.18 Å². The number of carbonyl (C=O) groups is 1. The van der Waals surface area contributed by atoms with Crippen LogP contribution in [-0.4, -0.2) is 43.8 Å². The van der Waals surface area contributed by atoms with Crippen LogP contribution in [0.2, 0.25) is 0 Å². The summed E-state index contributed by atoms with van der Waals surface area (Å²) < 4.78 is 30.4. The molecule has 0 N–H and O–H groups in total. The Morgan fingerprint density at radius 1 is 1.19 bits per heavy atom. The van der Waals surface area contributed by atoms with Crippen molar-refractivity contribution in [3.8, 4) is 11.5 Å². The molecule has 1 fully saturated rings.